The number of carbonyl (C=O) groups excluding carboxylic acids is 1. The molecule has 15 heavy (non-hydrogen) atoms. The topological polar surface area (TPSA) is 105 Å². The highest BCUT2D eigenvalue weighted by molar-refractivity contribution is 5.81. The summed E-state index contributed by atoms with van der Waals surface area (Å²) in [5.41, 5.74) is 0. The molecule has 7 heteroatoms. The third-order valence-electron chi connectivity index (χ3n) is 1.57. The fourth-order valence-electron chi connectivity index (χ4n) is 0.925. The first-order valence-electron chi connectivity index (χ1n) is 4.35. The molecule has 0 aromatic carbocycles. The molecular formula is C8H11N3O4. The van der Waals surface area contributed by atoms with Crippen LogP contribution in [0.4, 0.5) is 0 Å². The summed E-state index contributed by atoms with van der Waals surface area (Å²) in [6.45, 7) is 1.30. The lowest BCUT2D eigenvalue weighted by molar-refractivity contribution is -0.137. The summed E-state index contributed by atoms with van der Waals surface area (Å²) in [6.07, 6.45) is 0.446. The zero-order valence-corrected chi connectivity index (χ0v) is 8.19. The minimum atomic E-state index is -1.07. The number of nitrogens with zero attached hydrogens (tertiary/aromatic N) is 2. The summed E-state index contributed by atoms with van der Waals surface area (Å²) in [4.78, 5) is 25.1. The van der Waals surface area contributed by atoms with Gasteiger partial charge in [-0.3, -0.25) is 9.59 Å². The maximum atomic E-state index is 11.1. The number of amides is 1. The van der Waals surface area contributed by atoms with Crippen LogP contribution in [0.5, 0.6) is 0 Å². The molecule has 0 spiro atoms. The van der Waals surface area contributed by atoms with Gasteiger partial charge in [-0.2, -0.15) is 4.98 Å². The molecule has 1 amide bonds. The average molecular weight is 213 g/mol. The van der Waals surface area contributed by atoms with E-state index in [4.69, 9.17) is 9.63 Å². The van der Waals surface area contributed by atoms with Gasteiger partial charge in [0, 0.05) is 12.8 Å². The third kappa shape index (κ3) is 4.21. The van der Waals surface area contributed by atoms with Crippen LogP contribution >= 0.6 is 0 Å². The van der Waals surface area contributed by atoms with E-state index in [0.29, 0.717) is 18.1 Å². The number of carbonyl (C=O) groups is 2. The van der Waals surface area contributed by atoms with E-state index in [1.54, 1.807) is 6.92 Å². The Kier molecular flexibility index (Phi) is 3.78. The van der Waals surface area contributed by atoms with E-state index >= 15 is 0 Å². The number of hydrogen-bond acceptors (Lipinski definition) is 5. The van der Waals surface area contributed by atoms with Gasteiger partial charge in [0.25, 0.3) is 0 Å². The summed E-state index contributed by atoms with van der Waals surface area (Å²) in [5, 5.41) is 14.1. The summed E-state index contributed by atoms with van der Waals surface area (Å²) < 4.78 is 4.78. The Labute approximate surface area is 85.5 Å². The lowest BCUT2D eigenvalue weighted by Crippen LogP contribution is -2.29. The lowest BCUT2D eigenvalue weighted by atomic mass is 10.3. The molecule has 1 heterocycles. The highest BCUT2D eigenvalue weighted by Crippen LogP contribution is 1.99. The van der Waals surface area contributed by atoms with Gasteiger partial charge < -0.3 is 14.9 Å². The van der Waals surface area contributed by atoms with Crippen LogP contribution in [0.2, 0.25) is 0 Å². The molecule has 0 aliphatic rings. The largest absolute Gasteiger partial charge is 0.480 e. The molecule has 2 N–H and O–H groups in total. The second-order valence-corrected chi connectivity index (χ2v) is 2.91. The second-order valence-electron chi connectivity index (χ2n) is 2.91. The number of rotatable bonds is 5. The second kappa shape index (κ2) is 5.08. The van der Waals surface area contributed by atoms with Crippen molar-refractivity contribution in [3.63, 3.8) is 0 Å². The molecular weight excluding hydrogens is 202 g/mol. The Morgan fingerprint density at radius 1 is 1.53 bits per heavy atom. The molecule has 1 aromatic heterocycles. The number of aryl methyl sites for hydroxylation is 2. The first kappa shape index (κ1) is 11.2. The molecule has 0 unspecified atom stereocenters. The summed E-state index contributed by atoms with van der Waals surface area (Å²) >= 11 is 0. The van der Waals surface area contributed by atoms with Crippen molar-refractivity contribution in [3.05, 3.63) is 11.7 Å². The Morgan fingerprint density at radius 3 is 2.80 bits per heavy atom. The van der Waals surface area contributed by atoms with Crippen molar-refractivity contribution in [2.24, 2.45) is 0 Å². The minimum absolute atomic E-state index is 0.134. The molecule has 1 rings (SSSR count). The van der Waals surface area contributed by atoms with Crippen molar-refractivity contribution in [2.45, 2.75) is 19.8 Å². The Hall–Kier alpha value is -1.92. The van der Waals surface area contributed by atoms with Crippen molar-refractivity contribution >= 4 is 11.9 Å². The standard InChI is InChI=1S/C8H11N3O4/c1-5-10-7(15-11-5)3-2-6(12)9-4-8(13)14/h2-4H2,1H3,(H,9,12)(H,13,14). The highest BCUT2D eigenvalue weighted by Gasteiger charge is 2.07. The van der Waals surface area contributed by atoms with Crippen LogP contribution in [-0.4, -0.2) is 33.7 Å². The van der Waals surface area contributed by atoms with Crippen molar-refractivity contribution in [1.29, 1.82) is 0 Å². The fraction of sp³-hybridized carbons (Fsp3) is 0.500. The molecule has 0 saturated carbocycles. The molecule has 7 nitrogen and oxygen atoms in total. The van der Waals surface area contributed by atoms with Crippen LogP contribution in [0.3, 0.4) is 0 Å². The molecule has 82 valence electrons. The smallest absolute Gasteiger partial charge is 0.322 e. The quantitative estimate of drug-likeness (QED) is 0.683. The Morgan fingerprint density at radius 2 is 2.27 bits per heavy atom. The van der Waals surface area contributed by atoms with Gasteiger partial charge in [-0.25, -0.2) is 0 Å². The molecule has 0 atom stereocenters. The first-order chi connectivity index (χ1) is 7.08. The van der Waals surface area contributed by atoms with Crippen molar-refractivity contribution in [1.82, 2.24) is 15.5 Å². The van der Waals surface area contributed by atoms with Gasteiger partial charge in [-0.1, -0.05) is 5.16 Å². The summed E-state index contributed by atoms with van der Waals surface area (Å²) in [5.74, 6) is -0.542. The van der Waals surface area contributed by atoms with Crippen molar-refractivity contribution < 1.29 is 19.2 Å². The minimum Gasteiger partial charge on any atom is -0.480 e. The third-order valence-corrected chi connectivity index (χ3v) is 1.57. The Bertz CT molecular complexity index is 361. The van der Waals surface area contributed by atoms with Gasteiger partial charge in [0.2, 0.25) is 11.8 Å². The number of aliphatic carboxylic acids is 1. The van der Waals surface area contributed by atoms with Crippen LogP contribution < -0.4 is 5.32 Å². The van der Waals surface area contributed by atoms with Gasteiger partial charge in [0.1, 0.15) is 6.54 Å². The van der Waals surface area contributed by atoms with E-state index in [-0.39, 0.29) is 18.9 Å². The maximum absolute atomic E-state index is 11.1. The highest BCUT2D eigenvalue weighted by atomic mass is 16.5. The maximum Gasteiger partial charge on any atom is 0.322 e. The molecule has 0 bridgehead atoms. The van der Waals surface area contributed by atoms with Crippen LogP contribution in [0.25, 0.3) is 0 Å². The van der Waals surface area contributed by atoms with Crippen LogP contribution in [0.15, 0.2) is 4.52 Å². The fourth-order valence-corrected chi connectivity index (χ4v) is 0.925. The average Bonchev–Trinajstić information content (AvgIpc) is 2.58. The number of hydrogen-bond donors (Lipinski definition) is 2. The van der Waals surface area contributed by atoms with E-state index in [1.165, 1.54) is 0 Å². The van der Waals surface area contributed by atoms with E-state index in [9.17, 15) is 9.59 Å². The zero-order chi connectivity index (χ0) is 11.3. The van der Waals surface area contributed by atoms with Gasteiger partial charge >= 0.3 is 5.97 Å². The summed E-state index contributed by atoms with van der Waals surface area (Å²) in [7, 11) is 0. The normalized spacial score (nSPS) is 9.93. The predicted molar refractivity (Wildman–Crippen MR) is 48.0 cm³/mol. The number of aromatic nitrogens is 2. The Balaban J connectivity index is 2.25. The number of carboxylic acids is 1. The molecule has 0 saturated heterocycles. The van der Waals surface area contributed by atoms with Gasteiger partial charge in [0.15, 0.2) is 5.82 Å². The SMILES string of the molecule is Cc1noc(CCC(=O)NCC(=O)O)n1. The van der Waals surface area contributed by atoms with Crippen LogP contribution in [0.1, 0.15) is 18.1 Å². The van der Waals surface area contributed by atoms with Crippen molar-refractivity contribution in [3.8, 4) is 0 Å². The molecule has 0 aliphatic heterocycles. The van der Waals surface area contributed by atoms with E-state index < -0.39 is 5.97 Å². The molecule has 1 aromatic rings. The van der Waals surface area contributed by atoms with Gasteiger partial charge in [-0.05, 0) is 6.92 Å². The first-order valence-corrected chi connectivity index (χ1v) is 4.35. The molecule has 0 radical (unpaired) electrons. The van der Waals surface area contributed by atoms with E-state index in [2.05, 4.69) is 15.5 Å². The zero-order valence-electron chi connectivity index (χ0n) is 8.19. The number of nitrogens with one attached hydrogen (secondary N) is 1. The molecule has 0 aliphatic carbocycles. The summed E-state index contributed by atoms with van der Waals surface area (Å²) in [6, 6.07) is 0. The monoisotopic (exact) mass is 213 g/mol. The lowest BCUT2D eigenvalue weighted by Gasteiger charge is -1.99. The van der Waals surface area contributed by atoms with Crippen LogP contribution in [-0.2, 0) is 16.0 Å². The van der Waals surface area contributed by atoms with E-state index in [1.807, 2.05) is 0 Å². The van der Waals surface area contributed by atoms with Gasteiger partial charge in [0.05, 0.1) is 0 Å². The van der Waals surface area contributed by atoms with E-state index in [0.717, 1.165) is 0 Å². The number of carboxylic acid groups (broad SMARTS) is 1. The van der Waals surface area contributed by atoms with Gasteiger partial charge in [-0.15, -0.1) is 0 Å². The molecule has 0 fully saturated rings. The predicted octanol–water partition coefficient (Wildman–Crippen LogP) is -0.489. The van der Waals surface area contributed by atoms with Crippen LogP contribution in [0, 0.1) is 6.92 Å². The van der Waals surface area contributed by atoms with Crippen molar-refractivity contribution in [2.75, 3.05) is 6.54 Å².